The number of hydrogen-bond acceptors (Lipinski definition) is 5. The van der Waals surface area contributed by atoms with E-state index >= 15 is 0 Å². The summed E-state index contributed by atoms with van der Waals surface area (Å²) in [5.41, 5.74) is 0.183. The van der Waals surface area contributed by atoms with Gasteiger partial charge >= 0.3 is 5.97 Å². The van der Waals surface area contributed by atoms with Crippen LogP contribution in [0.5, 0.6) is 0 Å². The quantitative estimate of drug-likeness (QED) is 0.850. The van der Waals surface area contributed by atoms with Crippen LogP contribution in [0.4, 0.5) is 5.69 Å². The van der Waals surface area contributed by atoms with Gasteiger partial charge in [-0.25, -0.2) is 14.8 Å². The van der Waals surface area contributed by atoms with Gasteiger partial charge in [-0.1, -0.05) is 13.8 Å². The minimum atomic E-state index is -1.13. The highest BCUT2D eigenvalue weighted by Gasteiger charge is 2.20. The molecule has 1 aliphatic rings. The van der Waals surface area contributed by atoms with Crippen LogP contribution in [-0.4, -0.2) is 51.5 Å². The maximum absolute atomic E-state index is 12.0. The molecule has 0 aromatic carbocycles. The Kier molecular flexibility index (Phi) is 4.72. The van der Waals surface area contributed by atoms with Gasteiger partial charge in [0.25, 0.3) is 0 Å². The summed E-state index contributed by atoms with van der Waals surface area (Å²) in [5.74, 6) is -0.639. The van der Waals surface area contributed by atoms with Gasteiger partial charge in [-0.2, -0.15) is 0 Å². The molecule has 0 saturated carbocycles. The van der Waals surface area contributed by atoms with Crippen LogP contribution in [0.3, 0.4) is 0 Å². The number of hydrogen-bond donors (Lipinski definition) is 2. The first-order valence-electron chi connectivity index (χ1n) is 7.11. The van der Waals surface area contributed by atoms with E-state index in [2.05, 4.69) is 15.3 Å². The van der Waals surface area contributed by atoms with Gasteiger partial charge in [0.05, 0.1) is 18.4 Å². The molecular formula is C14H20N4O3. The molecule has 0 aliphatic carbocycles. The van der Waals surface area contributed by atoms with Gasteiger partial charge in [-0.3, -0.25) is 4.79 Å². The second-order valence-electron chi connectivity index (χ2n) is 5.39. The summed E-state index contributed by atoms with van der Waals surface area (Å²) in [6, 6.07) is 0. The number of aromatic carboxylic acids is 1. The highest BCUT2D eigenvalue weighted by atomic mass is 16.4. The predicted molar refractivity (Wildman–Crippen MR) is 77.4 cm³/mol. The van der Waals surface area contributed by atoms with Gasteiger partial charge in [-0.15, -0.1) is 0 Å². The van der Waals surface area contributed by atoms with Crippen LogP contribution in [-0.2, 0) is 4.79 Å². The zero-order valence-electron chi connectivity index (χ0n) is 12.3. The molecule has 1 aromatic heterocycles. The standard InChI is InChI=1S/C14H20N4O3/c1-9(2)13-16-7-10(12(17-13)14(20)21)15-8-11(19)18-5-3-4-6-18/h7,9,15H,3-6,8H2,1-2H3,(H,20,21). The number of carboxylic acids is 1. The third-order valence-electron chi connectivity index (χ3n) is 3.42. The molecular weight excluding hydrogens is 272 g/mol. The third-order valence-corrected chi connectivity index (χ3v) is 3.42. The van der Waals surface area contributed by atoms with Crippen molar-refractivity contribution in [3.63, 3.8) is 0 Å². The largest absolute Gasteiger partial charge is 0.476 e. The van der Waals surface area contributed by atoms with E-state index in [1.807, 2.05) is 13.8 Å². The fourth-order valence-corrected chi connectivity index (χ4v) is 2.22. The number of carbonyl (C=O) groups is 2. The molecule has 0 atom stereocenters. The molecule has 1 fully saturated rings. The lowest BCUT2D eigenvalue weighted by Gasteiger charge is -2.16. The van der Waals surface area contributed by atoms with Crippen LogP contribution in [0.1, 0.15) is 48.9 Å². The Morgan fingerprint density at radius 3 is 2.62 bits per heavy atom. The highest BCUT2D eigenvalue weighted by molar-refractivity contribution is 5.92. The molecule has 114 valence electrons. The molecule has 7 heteroatoms. The van der Waals surface area contributed by atoms with Crippen LogP contribution in [0.2, 0.25) is 0 Å². The number of anilines is 1. The molecule has 1 aromatic rings. The molecule has 1 aliphatic heterocycles. The first-order chi connectivity index (χ1) is 9.99. The van der Waals surface area contributed by atoms with Crippen LogP contribution >= 0.6 is 0 Å². The van der Waals surface area contributed by atoms with Crippen molar-refractivity contribution in [2.24, 2.45) is 0 Å². The van der Waals surface area contributed by atoms with Gasteiger partial charge in [-0.05, 0) is 12.8 Å². The number of amides is 1. The molecule has 1 saturated heterocycles. The van der Waals surface area contributed by atoms with Crippen molar-refractivity contribution in [2.75, 3.05) is 25.0 Å². The molecule has 21 heavy (non-hydrogen) atoms. The van der Waals surface area contributed by atoms with Crippen molar-refractivity contribution < 1.29 is 14.7 Å². The summed E-state index contributed by atoms with van der Waals surface area (Å²) in [6.45, 7) is 5.39. The Morgan fingerprint density at radius 2 is 2.05 bits per heavy atom. The van der Waals surface area contributed by atoms with E-state index in [1.165, 1.54) is 6.20 Å². The van der Waals surface area contributed by atoms with E-state index < -0.39 is 5.97 Å². The smallest absolute Gasteiger partial charge is 0.356 e. The lowest BCUT2D eigenvalue weighted by atomic mass is 10.2. The van der Waals surface area contributed by atoms with Gasteiger partial charge in [0, 0.05) is 19.0 Å². The topological polar surface area (TPSA) is 95.4 Å². The molecule has 0 bridgehead atoms. The molecule has 7 nitrogen and oxygen atoms in total. The number of carbonyl (C=O) groups excluding carboxylic acids is 1. The van der Waals surface area contributed by atoms with E-state index in [9.17, 15) is 14.7 Å². The van der Waals surface area contributed by atoms with Crippen LogP contribution in [0.15, 0.2) is 6.20 Å². The second kappa shape index (κ2) is 6.51. The second-order valence-corrected chi connectivity index (χ2v) is 5.39. The molecule has 2 rings (SSSR count). The van der Waals surface area contributed by atoms with Gasteiger partial charge in [0.1, 0.15) is 5.82 Å². The first kappa shape index (κ1) is 15.2. The summed E-state index contributed by atoms with van der Waals surface area (Å²) in [6.07, 6.45) is 3.49. The summed E-state index contributed by atoms with van der Waals surface area (Å²) in [4.78, 5) is 33.2. The van der Waals surface area contributed by atoms with Crippen LogP contribution < -0.4 is 5.32 Å². The molecule has 0 spiro atoms. The maximum Gasteiger partial charge on any atom is 0.356 e. The molecule has 1 amide bonds. The number of carboxylic acid groups (broad SMARTS) is 1. The lowest BCUT2D eigenvalue weighted by Crippen LogP contribution is -2.33. The Hall–Kier alpha value is -2.18. The predicted octanol–water partition coefficient (Wildman–Crippen LogP) is 1.33. The lowest BCUT2D eigenvalue weighted by molar-refractivity contribution is -0.128. The highest BCUT2D eigenvalue weighted by Crippen LogP contribution is 2.16. The average Bonchev–Trinajstić information content (AvgIpc) is 2.98. The van der Waals surface area contributed by atoms with Crippen LogP contribution in [0.25, 0.3) is 0 Å². The summed E-state index contributed by atoms with van der Waals surface area (Å²) < 4.78 is 0. The minimum absolute atomic E-state index is 0.0308. The van der Waals surface area contributed by atoms with Gasteiger partial charge in [0.2, 0.25) is 5.91 Å². The van der Waals surface area contributed by atoms with Gasteiger partial charge < -0.3 is 15.3 Å². The van der Waals surface area contributed by atoms with Crippen molar-refractivity contribution >= 4 is 17.6 Å². The van der Waals surface area contributed by atoms with Crippen molar-refractivity contribution in [3.8, 4) is 0 Å². The van der Waals surface area contributed by atoms with Crippen molar-refractivity contribution in [1.82, 2.24) is 14.9 Å². The fraction of sp³-hybridized carbons (Fsp3) is 0.571. The molecule has 0 radical (unpaired) electrons. The van der Waals surface area contributed by atoms with Gasteiger partial charge in [0.15, 0.2) is 5.69 Å². The maximum atomic E-state index is 12.0. The average molecular weight is 292 g/mol. The monoisotopic (exact) mass is 292 g/mol. The van der Waals surface area contributed by atoms with E-state index in [0.717, 1.165) is 25.9 Å². The van der Waals surface area contributed by atoms with Crippen molar-refractivity contribution in [1.29, 1.82) is 0 Å². The Balaban J connectivity index is 2.08. The first-order valence-corrected chi connectivity index (χ1v) is 7.11. The van der Waals surface area contributed by atoms with E-state index in [0.29, 0.717) is 5.82 Å². The zero-order chi connectivity index (χ0) is 15.4. The van der Waals surface area contributed by atoms with Crippen molar-refractivity contribution in [3.05, 3.63) is 17.7 Å². The summed E-state index contributed by atoms with van der Waals surface area (Å²) in [5, 5.41) is 12.1. The summed E-state index contributed by atoms with van der Waals surface area (Å²) in [7, 11) is 0. The third kappa shape index (κ3) is 3.68. The number of rotatable bonds is 5. The minimum Gasteiger partial charge on any atom is -0.476 e. The summed E-state index contributed by atoms with van der Waals surface area (Å²) >= 11 is 0. The Labute approximate surface area is 123 Å². The number of likely N-dealkylation sites (tertiary alicyclic amines) is 1. The van der Waals surface area contributed by atoms with E-state index in [1.54, 1.807) is 4.90 Å². The normalized spacial score (nSPS) is 14.5. The van der Waals surface area contributed by atoms with E-state index in [-0.39, 0.29) is 29.8 Å². The Morgan fingerprint density at radius 1 is 1.38 bits per heavy atom. The van der Waals surface area contributed by atoms with E-state index in [4.69, 9.17) is 0 Å². The number of aromatic nitrogens is 2. The molecule has 2 heterocycles. The van der Waals surface area contributed by atoms with Crippen molar-refractivity contribution in [2.45, 2.75) is 32.6 Å². The van der Waals surface area contributed by atoms with Crippen LogP contribution in [0, 0.1) is 0 Å². The number of nitrogens with zero attached hydrogens (tertiary/aromatic N) is 3. The zero-order valence-corrected chi connectivity index (χ0v) is 12.3. The SMILES string of the molecule is CC(C)c1ncc(NCC(=O)N2CCCC2)c(C(=O)O)n1. The molecule has 2 N–H and O–H groups in total. The Bertz CT molecular complexity index is 539. The molecule has 0 unspecified atom stereocenters. The number of nitrogens with one attached hydrogen (secondary N) is 1. The fourth-order valence-electron chi connectivity index (χ4n) is 2.22.